The van der Waals surface area contributed by atoms with Crippen LogP contribution in [0.15, 0.2) is 6.33 Å². The van der Waals surface area contributed by atoms with E-state index in [-0.39, 0.29) is 0 Å². The second-order valence-corrected chi connectivity index (χ2v) is 3.77. The van der Waals surface area contributed by atoms with Gasteiger partial charge >= 0.3 is 0 Å². The van der Waals surface area contributed by atoms with Crippen LogP contribution in [0.2, 0.25) is 0 Å². The molecule has 2 N–H and O–H groups in total. The highest BCUT2D eigenvalue weighted by Crippen LogP contribution is 2.19. The smallest absolute Gasteiger partial charge is 0.221 e. The summed E-state index contributed by atoms with van der Waals surface area (Å²) in [6.07, 6.45) is 2.23. The lowest BCUT2D eigenvalue weighted by Crippen LogP contribution is -2.28. The van der Waals surface area contributed by atoms with E-state index in [0.717, 1.165) is 31.6 Å². The minimum Gasteiger partial charge on any atom is -0.476 e. The number of nitrogens with two attached hydrogens (primary N) is 1. The van der Waals surface area contributed by atoms with Crippen molar-refractivity contribution in [2.75, 3.05) is 32.0 Å². The number of anilines is 1. The van der Waals surface area contributed by atoms with E-state index in [0.29, 0.717) is 18.3 Å². The number of rotatable bonds is 7. The molecule has 5 nitrogen and oxygen atoms in total. The lowest BCUT2D eigenvalue weighted by molar-refractivity contribution is 0.216. The van der Waals surface area contributed by atoms with E-state index in [1.54, 1.807) is 0 Å². The van der Waals surface area contributed by atoms with Crippen molar-refractivity contribution in [2.45, 2.75) is 27.2 Å². The summed E-state index contributed by atoms with van der Waals surface area (Å²) in [4.78, 5) is 10.4. The second-order valence-electron chi connectivity index (χ2n) is 3.77. The molecular weight excluding hydrogens is 216 g/mol. The molecular formula is C12H22N4O. The lowest BCUT2D eigenvalue weighted by Gasteiger charge is -2.18. The molecule has 0 saturated heterocycles. The first-order valence-corrected chi connectivity index (χ1v) is 6.17. The number of aromatic nitrogens is 2. The Morgan fingerprint density at radius 2 is 1.94 bits per heavy atom. The molecule has 17 heavy (non-hydrogen) atoms. The Morgan fingerprint density at radius 1 is 1.24 bits per heavy atom. The minimum absolute atomic E-state index is 0.514. The third kappa shape index (κ3) is 3.85. The van der Waals surface area contributed by atoms with Crippen molar-refractivity contribution in [3.8, 4) is 5.88 Å². The highest BCUT2D eigenvalue weighted by molar-refractivity contribution is 5.44. The number of hydrogen-bond donors (Lipinski definition) is 1. The van der Waals surface area contributed by atoms with E-state index in [4.69, 9.17) is 10.5 Å². The Morgan fingerprint density at radius 3 is 2.53 bits per heavy atom. The predicted molar refractivity (Wildman–Crippen MR) is 69.1 cm³/mol. The summed E-state index contributed by atoms with van der Waals surface area (Å²) < 4.78 is 5.67. The summed E-state index contributed by atoms with van der Waals surface area (Å²) in [6.45, 7) is 9.91. The molecule has 0 fully saturated rings. The van der Waals surface area contributed by atoms with Crippen molar-refractivity contribution < 1.29 is 4.74 Å². The normalized spacial score (nSPS) is 10.8. The highest BCUT2D eigenvalue weighted by Gasteiger charge is 2.08. The standard InChI is InChI=1S/C12H22N4O/c1-4-10-11(13)14-9-15-12(10)17-8-7-16(5-2)6-3/h9H,4-8H2,1-3H3,(H2,13,14,15). The van der Waals surface area contributed by atoms with Crippen LogP contribution in [0.5, 0.6) is 5.88 Å². The molecule has 0 aliphatic rings. The van der Waals surface area contributed by atoms with Gasteiger partial charge in [0.05, 0.1) is 5.56 Å². The Balaban J connectivity index is 2.54. The molecule has 0 atom stereocenters. The van der Waals surface area contributed by atoms with Gasteiger partial charge < -0.3 is 15.4 Å². The maximum Gasteiger partial charge on any atom is 0.221 e. The Kier molecular flexibility index (Phi) is 5.69. The van der Waals surface area contributed by atoms with E-state index in [9.17, 15) is 0 Å². The first-order chi connectivity index (χ1) is 8.22. The molecule has 0 radical (unpaired) electrons. The first-order valence-electron chi connectivity index (χ1n) is 6.17. The molecule has 0 aliphatic heterocycles. The summed E-state index contributed by atoms with van der Waals surface area (Å²) in [5.74, 6) is 1.13. The first kappa shape index (κ1) is 13.7. The van der Waals surface area contributed by atoms with Crippen molar-refractivity contribution in [1.29, 1.82) is 0 Å². The van der Waals surface area contributed by atoms with E-state index in [1.807, 2.05) is 6.92 Å². The van der Waals surface area contributed by atoms with Crippen LogP contribution in [0.1, 0.15) is 26.3 Å². The van der Waals surface area contributed by atoms with E-state index in [1.165, 1.54) is 6.33 Å². The molecule has 1 aromatic rings. The second kappa shape index (κ2) is 7.06. The van der Waals surface area contributed by atoms with Crippen LogP contribution in [0.25, 0.3) is 0 Å². The van der Waals surface area contributed by atoms with Gasteiger partial charge in [0.2, 0.25) is 5.88 Å². The summed E-state index contributed by atoms with van der Waals surface area (Å²) in [7, 11) is 0. The van der Waals surface area contributed by atoms with Gasteiger partial charge in [-0.15, -0.1) is 0 Å². The lowest BCUT2D eigenvalue weighted by atomic mass is 10.2. The zero-order chi connectivity index (χ0) is 12.7. The van der Waals surface area contributed by atoms with Crippen molar-refractivity contribution >= 4 is 5.82 Å². The zero-order valence-electron chi connectivity index (χ0n) is 10.9. The Bertz CT molecular complexity index is 339. The Labute approximate surface area is 103 Å². The van der Waals surface area contributed by atoms with Gasteiger partial charge in [0.25, 0.3) is 0 Å². The molecule has 0 saturated carbocycles. The number of nitrogen functional groups attached to an aromatic ring is 1. The van der Waals surface area contributed by atoms with Gasteiger partial charge in [-0.3, -0.25) is 0 Å². The average Bonchev–Trinajstić information content (AvgIpc) is 2.35. The van der Waals surface area contributed by atoms with Crippen molar-refractivity contribution in [3.05, 3.63) is 11.9 Å². The topological polar surface area (TPSA) is 64.3 Å². The molecule has 96 valence electrons. The molecule has 0 bridgehead atoms. The van der Waals surface area contributed by atoms with Crippen LogP contribution < -0.4 is 10.5 Å². The third-order valence-electron chi connectivity index (χ3n) is 2.83. The number of ether oxygens (including phenoxy) is 1. The quantitative estimate of drug-likeness (QED) is 0.776. The van der Waals surface area contributed by atoms with Crippen LogP contribution in [0, 0.1) is 0 Å². The molecule has 0 aromatic carbocycles. The zero-order valence-corrected chi connectivity index (χ0v) is 10.9. The number of hydrogen-bond acceptors (Lipinski definition) is 5. The molecule has 5 heteroatoms. The molecule has 1 aromatic heterocycles. The fourth-order valence-corrected chi connectivity index (χ4v) is 1.68. The summed E-state index contributed by atoms with van der Waals surface area (Å²) in [5.41, 5.74) is 6.67. The fourth-order valence-electron chi connectivity index (χ4n) is 1.68. The fraction of sp³-hybridized carbons (Fsp3) is 0.667. The van der Waals surface area contributed by atoms with Crippen molar-refractivity contribution in [2.24, 2.45) is 0 Å². The van der Waals surface area contributed by atoms with E-state index >= 15 is 0 Å². The summed E-state index contributed by atoms with van der Waals surface area (Å²) >= 11 is 0. The van der Waals surface area contributed by atoms with Gasteiger partial charge in [-0.25, -0.2) is 9.97 Å². The number of likely N-dealkylation sites (N-methyl/N-ethyl adjacent to an activating group) is 1. The average molecular weight is 238 g/mol. The van der Waals surface area contributed by atoms with Crippen LogP contribution in [-0.2, 0) is 6.42 Å². The predicted octanol–water partition coefficient (Wildman–Crippen LogP) is 1.34. The largest absolute Gasteiger partial charge is 0.476 e. The molecule has 0 amide bonds. The van der Waals surface area contributed by atoms with E-state index in [2.05, 4.69) is 28.7 Å². The summed E-state index contributed by atoms with van der Waals surface area (Å²) in [5, 5.41) is 0. The van der Waals surface area contributed by atoms with Gasteiger partial charge in [0.1, 0.15) is 18.8 Å². The van der Waals surface area contributed by atoms with Crippen LogP contribution >= 0.6 is 0 Å². The van der Waals surface area contributed by atoms with Crippen LogP contribution in [0.4, 0.5) is 5.82 Å². The highest BCUT2D eigenvalue weighted by atomic mass is 16.5. The van der Waals surface area contributed by atoms with Gasteiger partial charge in [0.15, 0.2) is 0 Å². The van der Waals surface area contributed by atoms with Crippen molar-refractivity contribution in [1.82, 2.24) is 14.9 Å². The van der Waals surface area contributed by atoms with Gasteiger partial charge in [-0.1, -0.05) is 20.8 Å². The summed E-state index contributed by atoms with van der Waals surface area (Å²) in [6, 6.07) is 0. The molecule has 0 spiro atoms. The minimum atomic E-state index is 0.514. The third-order valence-corrected chi connectivity index (χ3v) is 2.83. The Hall–Kier alpha value is -1.36. The maximum absolute atomic E-state index is 5.77. The van der Waals surface area contributed by atoms with E-state index < -0.39 is 0 Å². The molecule has 1 rings (SSSR count). The van der Waals surface area contributed by atoms with Gasteiger partial charge in [-0.05, 0) is 19.5 Å². The molecule has 0 aliphatic carbocycles. The van der Waals surface area contributed by atoms with Crippen LogP contribution in [-0.4, -0.2) is 41.1 Å². The van der Waals surface area contributed by atoms with Crippen LogP contribution in [0.3, 0.4) is 0 Å². The SMILES string of the molecule is CCc1c(N)ncnc1OCCN(CC)CC. The maximum atomic E-state index is 5.77. The van der Waals surface area contributed by atoms with Gasteiger partial charge in [-0.2, -0.15) is 0 Å². The van der Waals surface area contributed by atoms with Gasteiger partial charge in [0, 0.05) is 6.54 Å². The molecule has 1 heterocycles. The number of nitrogens with zero attached hydrogens (tertiary/aromatic N) is 3. The monoisotopic (exact) mass is 238 g/mol. The van der Waals surface area contributed by atoms with Crippen molar-refractivity contribution in [3.63, 3.8) is 0 Å². The molecule has 0 unspecified atom stereocenters.